The minimum absolute atomic E-state index is 0.0188. The number of nitrogens with one attached hydrogen (secondary N) is 1. The van der Waals surface area contributed by atoms with Gasteiger partial charge >= 0.3 is 6.18 Å². The summed E-state index contributed by atoms with van der Waals surface area (Å²) in [5.74, 6) is -0.180. The first kappa shape index (κ1) is 22.3. The molecule has 4 rings (SSSR count). The SMILES string of the molecule is C[C@@H]1CCC[C@H](C)N1C(=O)c1cc2n(n1)[C@H](C(F)(F)F)C[C@H](c1ccc(Cl)c(Cl)c1)N2. The second kappa shape index (κ2) is 8.20. The van der Waals surface area contributed by atoms with E-state index in [9.17, 15) is 18.0 Å². The predicted molar refractivity (Wildman–Crippen MR) is 114 cm³/mol. The van der Waals surface area contributed by atoms with Crippen LogP contribution in [0.2, 0.25) is 10.0 Å². The van der Waals surface area contributed by atoms with E-state index in [1.807, 2.05) is 13.8 Å². The number of carbonyl (C=O) groups is 1. The zero-order valence-corrected chi connectivity index (χ0v) is 18.6. The van der Waals surface area contributed by atoms with Gasteiger partial charge in [0.2, 0.25) is 0 Å². The van der Waals surface area contributed by atoms with Crippen molar-refractivity contribution >= 4 is 34.9 Å². The van der Waals surface area contributed by atoms with E-state index in [0.29, 0.717) is 10.6 Å². The van der Waals surface area contributed by atoms with Crippen LogP contribution in [0.1, 0.15) is 67.7 Å². The summed E-state index contributed by atoms with van der Waals surface area (Å²) in [6, 6.07) is 3.71. The van der Waals surface area contributed by atoms with Gasteiger partial charge in [-0.25, -0.2) is 4.68 Å². The number of fused-ring (bicyclic) bond motifs is 1. The summed E-state index contributed by atoms with van der Waals surface area (Å²) >= 11 is 12.0. The Morgan fingerprint density at radius 3 is 2.42 bits per heavy atom. The molecule has 0 aliphatic carbocycles. The fraction of sp³-hybridized carbons (Fsp3) is 0.524. The van der Waals surface area contributed by atoms with E-state index in [-0.39, 0.29) is 40.9 Å². The van der Waals surface area contributed by atoms with Gasteiger partial charge in [0.05, 0.1) is 16.1 Å². The molecule has 0 spiro atoms. The van der Waals surface area contributed by atoms with Crippen LogP contribution in [0.25, 0.3) is 0 Å². The van der Waals surface area contributed by atoms with Crippen molar-refractivity contribution in [2.45, 2.75) is 69.9 Å². The number of benzene rings is 1. The highest BCUT2D eigenvalue weighted by Crippen LogP contribution is 2.44. The summed E-state index contributed by atoms with van der Waals surface area (Å²) in [6.07, 6.45) is -2.04. The van der Waals surface area contributed by atoms with Crippen LogP contribution in [0.4, 0.5) is 19.0 Å². The van der Waals surface area contributed by atoms with Crippen LogP contribution >= 0.6 is 23.2 Å². The first-order valence-electron chi connectivity index (χ1n) is 10.3. The highest BCUT2D eigenvalue weighted by molar-refractivity contribution is 6.42. The number of amides is 1. The van der Waals surface area contributed by atoms with E-state index in [4.69, 9.17) is 23.2 Å². The summed E-state index contributed by atoms with van der Waals surface area (Å²) in [4.78, 5) is 14.9. The second-order valence-electron chi connectivity index (χ2n) is 8.36. The molecule has 1 saturated heterocycles. The third-order valence-electron chi connectivity index (χ3n) is 6.18. The van der Waals surface area contributed by atoms with Crippen molar-refractivity contribution in [3.63, 3.8) is 0 Å². The number of hydrogen-bond acceptors (Lipinski definition) is 3. The maximum atomic E-state index is 13.9. The highest BCUT2D eigenvalue weighted by Gasteiger charge is 2.47. The van der Waals surface area contributed by atoms with Crippen molar-refractivity contribution in [2.24, 2.45) is 0 Å². The fourth-order valence-corrected chi connectivity index (χ4v) is 4.89. The number of rotatable bonds is 2. The number of halogens is 5. The summed E-state index contributed by atoms with van der Waals surface area (Å²) in [7, 11) is 0. The van der Waals surface area contributed by atoms with Gasteiger partial charge in [0.25, 0.3) is 5.91 Å². The summed E-state index contributed by atoms with van der Waals surface area (Å²) in [6.45, 7) is 3.92. The maximum Gasteiger partial charge on any atom is 0.410 e. The average molecular weight is 475 g/mol. The normalized spacial score (nSPS) is 26.4. The van der Waals surface area contributed by atoms with Crippen LogP contribution in [0.15, 0.2) is 24.3 Å². The molecule has 1 N–H and O–H groups in total. The van der Waals surface area contributed by atoms with Crippen LogP contribution in [-0.4, -0.2) is 38.8 Å². The van der Waals surface area contributed by atoms with E-state index < -0.39 is 18.3 Å². The number of alkyl halides is 3. The fourth-order valence-electron chi connectivity index (χ4n) is 4.58. The molecule has 1 aromatic heterocycles. The van der Waals surface area contributed by atoms with Gasteiger partial charge in [0.15, 0.2) is 11.7 Å². The van der Waals surface area contributed by atoms with E-state index in [1.165, 1.54) is 6.07 Å². The zero-order chi connectivity index (χ0) is 22.5. The first-order valence-corrected chi connectivity index (χ1v) is 11.0. The molecular weight excluding hydrogens is 452 g/mol. The molecule has 2 aliphatic heterocycles. The Morgan fingerprint density at radius 1 is 1.13 bits per heavy atom. The van der Waals surface area contributed by atoms with Crippen LogP contribution in [-0.2, 0) is 0 Å². The van der Waals surface area contributed by atoms with Gasteiger partial charge in [-0.15, -0.1) is 0 Å². The van der Waals surface area contributed by atoms with Gasteiger partial charge in [0, 0.05) is 24.6 Å². The first-order chi connectivity index (χ1) is 14.6. The smallest absolute Gasteiger partial charge is 0.363 e. The molecule has 3 heterocycles. The van der Waals surface area contributed by atoms with Crippen molar-refractivity contribution in [2.75, 3.05) is 5.32 Å². The molecule has 2 aliphatic rings. The number of hydrogen-bond donors (Lipinski definition) is 1. The highest BCUT2D eigenvalue weighted by atomic mass is 35.5. The average Bonchev–Trinajstić information content (AvgIpc) is 3.12. The molecule has 1 fully saturated rings. The van der Waals surface area contributed by atoms with Gasteiger partial charge in [-0.3, -0.25) is 4.79 Å². The molecule has 0 unspecified atom stereocenters. The molecule has 10 heteroatoms. The molecule has 31 heavy (non-hydrogen) atoms. The summed E-state index contributed by atoms with van der Waals surface area (Å²) in [5.41, 5.74) is 0.606. The second-order valence-corrected chi connectivity index (χ2v) is 9.18. The van der Waals surface area contributed by atoms with E-state index in [1.54, 1.807) is 23.1 Å². The Morgan fingerprint density at radius 2 is 1.81 bits per heavy atom. The van der Waals surface area contributed by atoms with Crippen LogP contribution in [0, 0.1) is 0 Å². The number of carbonyl (C=O) groups excluding carboxylic acids is 1. The predicted octanol–water partition coefficient (Wildman–Crippen LogP) is 6.25. The van der Waals surface area contributed by atoms with Gasteiger partial charge in [-0.05, 0) is 50.8 Å². The monoisotopic (exact) mass is 474 g/mol. The Hall–Kier alpha value is -1.93. The number of likely N-dealkylation sites (tertiary alicyclic amines) is 1. The van der Waals surface area contributed by atoms with Crippen molar-refractivity contribution in [3.8, 4) is 0 Å². The lowest BCUT2D eigenvalue weighted by Gasteiger charge is -2.38. The largest absolute Gasteiger partial charge is 0.410 e. The molecular formula is C21H23Cl2F3N4O. The molecule has 1 amide bonds. The Balaban J connectivity index is 1.69. The number of anilines is 1. The number of nitrogens with zero attached hydrogens (tertiary/aromatic N) is 3. The Bertz CT molecular complexity index is 983. The topological polar surface area (TPSA) is 50.2 Å². The molecule has 2 aromatic rings. The molecule has 4 atom stereocenters. The molecule has 168 valence electrons. The van der Waals surface area contributed by atoms with E-state index in [0.717, 1.165) is 23.9 Å². The van der Waals surface area contributed by atoms with E-state index in [2.05, 4.69) is 10.4 Å². The Labute approximate surface area is 188 Å². The minimum atomic E-state index is -4.52. The standard InChI is InChI=1S/C21H23Cl2F3N4O/c1-11-4-3-5-12(2)29(11)20(31)17-10-19-27-16(13-6-7-14(22)15(23)8-13)9-18(21(24,25)26)30(19)28-17/h6-8,10-12,16,18,27H,3-5,9H2,1-2H3/t11-,12+,16-,18+/m1/s1. The lowest BCUT2D eigenvalue weighted by atomic mass is 9.96. The van der Waals surface area contributed by atoms with Crippen LogP contribution in [0.5, 0.6) is 0 Å². The Kier molecular flexibility index (Phi) is 5.89. The third kappa shape index (κ3) is 4.24. The molecule has 1 aromatic carbocycles. The summed E-state index contributed by atoms with van der Waals surface area (Å²) in [5, 5.41) is 7.79. The van der Waals surface area contributed by atoms with Crippen LogP contribution in [0.3, 0.4) is 0 Å². The third-order valence-corrected chi connectivity index (χ3v) is 6.92. The van der Waals surface area contributed by atoms with Gasteiger partial charge in [-0.2, -0.15) is 18.3 Å². The van der Waals surface area contributed by atoms with Crippen molar-refractivity contribution in [3.05, 3.63) is 45.6 Å². The van der Waals surface area contributed by atoms with Gasteiger partial charge < -0.3 is 10.2 Å². The van der Waals surface area contributed by atoms with Gasteiger partial charge in [-0.1, -0.05) is 29.3 Å². The zero-order valence-electron chi connectivity index (χ0n) is 17.1. The lowest BCUT2D eigenvalue weighted by molar-refractivity contribution is -0.173. The minimum Gasteiger partial charge on any atom is -0.363 e. The maximum absolute atomic E-state index is 13.9. The van der Waals surface area contributed by atoms with Crippen molar-refractivity contribution in [1.29, 1.82) is 0 Å². The van der Waals surface area contributed by atoms with Crippen molar-refractivity contribution in [1.82, 2.24) is 14.7 Å². The number of piperidine rings is 1. The van der Waals surface area contributed by atoms with Crippen molar-refractivity contribution < 1.29 is 18.0 Å². The number of aromatic nitrogens is 2. The molecule has 0 saturated carbocycles. The van der Waals surface area contributed by atoms with Crippen LogP contribution < -0.4 is 5.32 Å². The summed E-state index contributed by atoms with van der Waals surface area (Å²) < 4.78 is 42.6. The molecule has 0 radical (unpaired) electrons. The lowest BCUT2D eigenvalue weighted by Crippen LogP contribution is -2.47. The molecule has 5 nitrogen and oxygen atoms in total. The van der Waals surface area contributed by atoms with E-state index >= 15 is 0 Å². The quantitative estimate of drug-likeness (QED) is 0.559. The van der Waals surface area contributed by atoms with Gasteiger partial charge in [0.1, 0.15) is 5.82 Å². The molecule has 0 bridgehead atoms.